The lowest BCUT2D eigenvalue weighted by Crippen LogP contribution is -2.57. The van der Waals surface area contributed by atoms with Gasteiger partial charge in [0.15, 0.2) is 12.4 Å². The van der Waals surface area contributed by atoms with Crippen LogP contribution in [0, 0.1) is 16.7 Å². The van der Waals surface area contributed by atoms with Crippen molar-refractivity contribution in [2.75, 3.05) is 6.61 Å². The smallest absolute Gasteiger partial charge is 0.303 e. The van der Waals surface area contributed by atoms with E-state index in [-0.39, 0.29) is 30.0 Å². The van der Waals surface area contributed by atoms with Gasteiger partial charge in [0.05, 0.1) is 6.10 Å². The third-order valence-electron chi connectivity index (χ3n) is 8.26. The molecule has 0 aliphatic heterocycles. The van der Waals surface area contributed by atoms with E-state index in [2.05, 4.69) is 6.92 Å². The second-order valence-corrected chi connectivity index (χ2v) is 9.70. The maximum Gasteiger partial charge on any atom is 0.303 e. The van der Waals surface area contributed by atoms with Crippen molar-refractivity contribution in [1.29, 1.82) is 0 Å². The monoisotopic (exact) mass is 402 g/mol. The molecule has 0 aromatic carbocycles. The van der Waals surface area contributed by atoms with Gasteiger partial charge in [0, 0.05) is 24.7 Å². The number of hydrogen-bond donors (Lipinski definition) is 2. The number of aliphatic hydroxyl groups is 2. The molecule has 4 rings (SSSR count). The third kappa shape index (κ3) is 2.79. The molecule has 0 amide bonds. The normalized spacial score (nSPS) is 41.3. The zero-order valence-electron chi connectivity index (χ0n) is 17.4. The fourth-order valence-corrected chi connectivity index (χ4v) is 6.68. The summed E-state index contributed by atoms with van der Waals surface area (Å²) in [6, 6.07) is 0. The summed E-state index contributed by atoms with van der Waals surface area (Å²) >= 11 is 0. The second kappa shape index (κ2) is 6.61. The van der Waals surface area contributed by atoms with Crippen molar-refractivity contribution in [2.45, 2.75) is 77.4 Å². The Kier molecular flexibility index (Phi) is 4.67. The fourth-order valence-electron chi connectivity index (χ4n) is 6.68. The van der Waals surface area contributed by atoms with Crippen LogP contribution < -0.4 is 0 Å². The van der Waals surface area contributed by atoms with E-state index >= 15 is 0 Å². The van der Waals surface area contributed by atoms with Gasteiger partial charge < -0.3 is 14.9 Å². The van der Waals surface area contributed by atoms with Crippen LogP contribution in [0.2, 0.25) is 0 Å². The molecular weight excluding hydrogens is 372 g/mol. The summed E-state index contributed by atoms with van der Waals surface area (Å²) in [5, 5.41) is 22.7. The number of ether oxygens (including phenoxy) is 1. The van der Waals surface area contributed by atoms with E-state index in [1.165, 1.54) is 6.92 Å². The van der Waals surface area contributed by atoms with E-state index in [1.54, 1.807) is 6.08 Å². The van der Waals surface area contributed by atoms with Crippen LogP contribution in [0.4, 0.5) is 0 Å². The molecule has 0 radical (unpaired) electrons. The van der Waals surface area contributed by atoms with E-state index in [9.17, 15) is 24.6 Å². The van der Waals surface area contributed by atoms with Crippen molar-refractivity contribution in [1.82, 2.24) is 0 Å². The van der Waals surface area contributed by atoms with Gasteiger partial charge in [-0.1, -0.05) is 30.6 Å². The highest BCUT2D eigenvalue weighted by Crippen LogP contribution is 2.64. The van der Waals surface area contributed by atoms with Crippen LogP contribution in [0.15, 0.2) is 22.8 Å². The van der Waals surface area contributed by atoms with Crippen LogP contribution in [0.1, 0.15) is 65.7 Å². The molecule has 2 N–H and O–H groups in total. The minimum absolute atomic E-state index is 0.0791. The van der Waals surface area contributed by atoms with E-state index < -0.39 is 35.5 Å². The quantitative estimate of drug-likeness (QED) is 0.555. The Hall–Kier alpha value is -1.79. The molecule has 2 fully saturated rings. The summed E-state index contributed by atoms with van der Waals surface area (Å²) in [7, 11) is 0. The number of carbonyl (C=O) groups is 3. The first-order valence-corrected chi connectivity index (χ1v) is 10.6. The summed E-state index contributed by atoms with van der Waals surface area (Å²) in [6.45, 7) is 4.80. The number of allylic oxidation sites excluding steroid dienone is 2. The maximum absolute atomic E-state index is 12.8. The molecule has 0 unspecified atom stereocenters. The van der Waals surface area contributed by atoms with Crippen LogP contribution in [-0.4, -0.2) is 46.1 Å². The average Bonchev–Trinajstić information content (AvgIpc) is 2.91. The summed E-state index contributed by atoms with van der Waals surface area (Å²) in [6.07, 6.45) is 4.98. The zero-order valence-corrected chi connectivity index (χ0v) is 17.4. The molecule has 29 heavy (non-hydrogen) atoms. The summed E-state index contributed by atoms with van der Waals surface area (Å²) in [4.78, 5) is 35.9. The van der Waals surface area contributed by atoms with Gasteiger partial charge in [0.1, 0.15) is 5.60 Å². The van der Waals surface area contributed by atoms with Gasteiger partial charge in [0.25, 0.3) is 0 Å². The molecule has 6 nitrogen and oxygen atoms in total. The number of fused-ring (bicyclic) bond motifs is 4. The lowest BCUT2D eigenvalue weighted by Gasteiger charge is -2.55. The van der Waals surface area contributed by atoms with Crippen molar-refractivity contribution in [2.24, 2.45) is 16.7 Å². The van der Waals surface area contributed by atoms with E-state index in [1.807, 2.05) is 6.92 Å². The van der Waals surface area contributed by atoms with Crippen molar-refractivity contribution in [3.8, 4) is 0 Å². The van der Waals surface area contributed by atoms with Gasteiger partial charge in [-0.3, -0.25) is 14.4 Å². The highest BCUT2D eigenvalue weighted by atomic mass is 16.5. The Balaban J connectivity index is 1.74. The number of rotatable bonds is 3. The molecule has 2 saturated carbocycles. The predicted octanol–water partition coefficient (Wildman–Crippen LogP) is 2.42. The molecule has 5 atom stereocenters. The van der Waals surface area contributed by atoms with Gasteiger partial charge in [-0.25, -0.2) is 0 Å². The van der Waals surface area contributed by atoms with Crippen molar-refractivity contribution in [3.63, 3.8) is 0 Å². The molecule has 0 aromatic rings. The number of ketones is 2. The Bertz CT molecular complexity index is 853. The van der Waals surface area contributed by atoms with Gasteiger partial charge in [-0.05, 0) is 50.0 Å². The minimum atomic E-state index is -1.64. The number of hydrogen-bond acceptors (Lipinski definition) is 6. The lowest BCUT2D eigenvalue weighted by molar-refractivity contribution is -0.161. The molecule has 0 bridgehead atoms. The molecule has 0 saturated heterocycles. The zero-order chi connectivity index (χ0) is 21.2. The Morgan fingerprint density at radius 3 is 2.59 bits per heavy atom. The van der Waals surface area contributed by atoms with Gasteiger partial charge >= 0.3 is 5.97 Å². The Labute approximate surface area is 171 Å². The molecule has 0 heterocycles. The SMILES string of the molecule is CC(=O)OCC(=O)[C@]1(O)CCC2=C3CCC4=CC(=O)CC[C@]4(C)[C@H]3[C@@H](O)C[C@@]21C. The third-order valence-corrected chi connectivity index (χ3v) is 8.26. The minimum Gasteiger partial charge on any atom is -0.458 e. The maximum atomic E-state index is 12.8. The number of Topliss-reactive ketones (excluding diaryl/α,β-unsaturated/α-hetero) is 1. The summed E-state index contributed by atoms with van der Waals surface area (Å²) in [5.74, 6) is -0.972. The first kappa shape index (κ1) is 20.5. The highest BCUT2D eigenvalue weighted by molar-refractivity contribution is 5.92. The topological polar surface area (TPSA) is 101 Å². The van der Waals surface area contributed by atoms with E-state index in [0.29, 0.717) is 12.8 Å². The van der Waals surface area contributed by atoms with Crippen LogP contribution in [-0.2, 0) is 19.1 Å². The van der Waals surface area contributed by atoms with Gasteiger partial charge in [-0.15, -0.1) is 0 Å². The standard InChI is InChI=1S/C23H30O6/c1-13(24)29-12-19(27)23(28)9-7-17-16-5-4-14-10-15(25)6-8-21(14,2)20(16)18(26)11-22(17,23)3/h10,18,20,26,28H,4-9,11-12H2,1-3H3/t18-,20+,21-,22-,23+/m0/s1. The van der Waals surface area contributed by atoms with Crippen LogP contribution >= 0.6 is 0 Å². The Morgan fingerprint density at radius 1 is 1.17 bits per heavy atom. The van der Waals surface area contributed by atoms with Crippen LogP contribution in [0.3, 0.4) is 0 Å². The number of esters is 1. The second-order valence-electron chi connectivity index (χ2n) is 9.70. The molecule has 4 aliphatic rings. The molecule has 158 valence electrons. The number of carbonyl (C=O) groups excluding carboxylic acids is 3. The fraction of sp³-hybridized carbons (Fsp3) is 0.696. The number of aliphatic hydroxyl groups excluding tert-OH is 1. The molecule has 0 aromatic heterocycles. The van der Waals surface area contributed by atoms with Crippen molar-refractivity contribution < 1.29 is 29.3 Å². The molecule has 0 spiro atoms. The predicted molar refractivity (Wildman–Crippen MR) is 105 cm³/mol. The van der Waals surface area contributed by atoms with Crippen molar-refractivity contribution in [3.05, 3.63) is 22.8 Å². The summed E-state index contributed by atoms with van der Waals surface area (Å²) in [5.41, 5.74) is 0.621. The first-order chi connectivity index (χ1) is 13.5. The van der Waals surface area contributed by atoms with Crippen LogP contribution in [0.5, 0.6) is 0 Å². The average molecular weight is 402 g/mol. The summed E-state index contributed by atoms with van der Waals surface area (Å²) < 4.78 is 4.87. The van der Waals surface area contributed by atoms with E-state index in [0.717, 1.165) is 36.0 Å². The van der Waals surface area contributed by atoms with Gasteiger partial charge in [0.2, 0.25) is 5.78 Å². The van der Waals surface area contributed by atoms with Crippen molar-refractivity contribution >= 4 is 17.5 Å². The molecular formula is C23H30O6. The first-order valence-electron chi connectivity index (χ1n) is 10.6. The highest BCUT2D eigenvalue weighted by Gasteiger charge is 2.64. The Morgan fingerprint density at radius 2 is 1.90 bits per heavy atom. The largest absolute Gasteiger partial charge is 0.458 e. The molecule has 6 heteroatoms. The molecule has 4 aliphatic carbocycles. The van der Waals surface area contributed by atoms with Gasteiger partial charge in [-0.2, -0.15) is 0 Å². The van der Waals surface area contributed by atoms with Crippen LogP contribution in [0.25, 0.3) is 0 Å². The van der Waals surface area contributed by atoms with E-state index in [4.69, 9.17) is 4.74 Å². The lowest BCUT2D eigenvalue weighted by atomic mass is 9.50.